The molecule has 0 saturated heterocycles. The molecule has 0 aliphatic carbocycles. The molecule has 2 radical (unpaired) electrons. The van der Waals surface area contributed by atoms with E-state index in [1.807, 2.05) is 18.3 Å². The van der Waals surface area contributed by atoms with Crippen LogP contribution in [-0.4, -0.2) is 14.5 Å². The first-order valence-electron chi connectivity index (χ1n) is 5.01. The minimum atomic E-state index is 0.661. The van der Waals surface area contributed by atoms with Crippen molar-refractivity contribution in [3.63, 3.8) is 0 Å². The highest BCUT2D eigenvalue weighted by molar-refractivity contribution is 6.66. The monoisotopic (exact) mass is 211 g/mol. The Labute approximate surface area is 93.0 Å². The largest absolute Gasteiger partial charge is 0.266 e. The molecule has 0 aliphatic heterocycles. The van der Waals surface area contributed by atoms with Gasteiger partial charge in [-0.15, -0.1) is 0 Å². The van der Waals surface area contributed by atoms with E-state index in [2.05, 4.69) is 43.1 Å². The van der Waals surface area contributed by atoms with Gasteiger partial charge in [0.1, 0.15) is 9.52 Å². The predicted molar refractivity (Wildman–Crippen MR) is 65.2 cm³/mol. The van der Waals surface area contributed by atoms with Gasteiger partial charge in [0, 0.05) is 11.5 Å². The average Bonchev–Trinajstić information content (AvgIpc) is 2.26. The highest BCUT2D eigenvalue weighted by Gasteiger charge is 2.03. The zero-order valence-electron chi connectivity index (χ0n) is 8.99. The van der Waals surface area contributed by atoms with E-state index in [0.717, 1.165) is 5.32 Å². The molecule has 0 spiro atoms. The van der Waals surface area contributed by atoms with E-state index in [1.165, 1.54) is 16.3 Å². The number of hydrogen-bond acceptors (Lipinski definition) is 1. The summed E-state index contributed by atoms with van der Waals surface area (Å²) < 4.78 is 0. The Bertz CT molecular complexity index is 451. The third kappa shape index (κ3) is 2.33. The van der Waals surface area contributed by atoms with Crippen molar-refractivity contribution in [2.45, 2.75) is 13.8 Å². The second-order valence-corrected chi connectivity index (χ2v) is 4.89. The molecule has 1 heterocycles. The molecule has 74 valence electrons. The van der Waals surface area contributed by atoms with Crippen molar-refractivity contribution >= 4 is 20.0 Å². The molecule has 0 N–H and O–H groups in total. The SMILES string of the molecule is Cc1cccc([Si]c2ccccn2)c1C. The molecule has 0 aliphatic rings. The van der Waals surface area contributed by atoms with E-state index in [0.29, 0.717) is 9.52 Å². The van der Waals surface area contributed by atoms with Crippen LogP contribution in [0.15, 0.2) is 42.6 Å². The summed E-state index contributed by atoms with van der Waals surface area (Å²) in [6.07, 6.45) is 1.85. The van der Waals surface area contributed by atoms with Crippen LogP contribution in [0, 0.1) is 13.8 Å². The van der Waals surface area contributed by atoms with Crippen LogP contribution in [0.4, 0.5) is 0 Å². The third-order valence-electron chi connectivity index (χ3n) is 2.53. The van der Waals surface area contributed by atoms with Gasteiger partial charge in [-0.2, -0.15) is 0 Å². The lowest BCUT2D eigenvalue weighted by molar-refractivity contribution is 1.36. The Kier molecular flexibility index (Phi) is 2.97. The van der Waals surface area contributed by atoms with E-state index in [1.54, 1.807) is 0 Å². The standard InChI is InChI=1S/C13H13NSi/c1-10-6-5-7-12(11(10)2)15-13-8-3-4-9-14-13/h3-9H,1-2H3. The van der Waals surface area contributed by atoms with Crippen molar-refractivity contribution in [1.29, 1.82) is 0 Å². The molecule has 0 saturated carbocycles. The second-order valence-electron chi connectivity index (χ2n) is 3.59. The number of nitrogens with zero attached hydrogens (tertiary/aromatic N) is 1. The fraction of sp³-hybridized carbons (Fsp3) is 0.154. The van der Waals surface area contributed by atoms with Gasteiger partial charge in [-0.1, -0.05) is 29.5 Å². The normalized spacial score (nSPS) is 10.3. The number of aryl methyl sites for hydroxylation is 1. The molecule has 1 aromatic carbocycles. The maximum absolute atomic E-state index is 4.36. The van der Waals surface area contributed by atoms with Crippen molar-refractivity contribution in [2.24, 2.45) is 0 Å². The van der Waals surface area contributed by atoms with Crippen molar-refractivity contribution < 1.29 is 0 Å². The van der Waals surface area contributed by atoms with Crippen molar-refractivity contribution in [3.8, 4) is 0 Å². The topological polar surface area (TPSA) is 12.9 Å². The van der Waals surface area contributed by atoms with Crippen LogP contribution in [0.2, 0.25) is 0 Å². The molecule has 2 heteroatoms. The molecule has 0 amide bonds. The lowest BCUT2D eigenvalue weighted by atomic mass is 10.1. The maximum atomic E-state index is 4.36. The van der Waals surface area contributed by atoms with Crippen molar-refractivity contribution in [2.75, 3.05) is 0 Å². The fourth-order valence-electron chi connectivity index (χ4n) is 1.46. The number of benzene rings is 1. The first-order chi connectivity index (χ1) is 7.27. The molecular formula is C13H13NSi. The molecule has 15 heavy (non-hydrogen) atoms. The highest BCUT2D eigenvalue weighted by Crippen LogP contribution is 2.01. The number of hydrogen-bond donors (Lipinski definition) is 0. The van der Waals surface area contributed by atoms with Crippen molar-refractivity contribution in [3.05, 3.63) is 53.7 Å². The van der Waals surface area contributed by atoms with Gasteiger partial charge in [0.2, 0.25) is 0 Å². The second kappa shape index (κ2) is 4.40. The predicted octanol–water partition coefficient (Wildman–Crippen LogP) is 1.35. The Morgan fingerprint density at radius 2 is 1.87 bits per heavy atom. The van der Waals surface area contributed by atoms with Crippen LogP contribution in [-0.2, 0) is 0 Å². The summed E-state index contributed by atoms with van der Waals surface area (Å²) in [5.74, 6) is 0. The summed E-state index contributed by atoms with van der Waals surface area (Å²) in [4.78, 5) is 4.36. The van der Waals surface area contributed by atoms with Crippen LogP contribution in [0.3, 0.4) is 0 Å². The summed E-state index contributed by atoms with van der Waals surface area (Å²) in [6.45, 7) is 4.34. The van der Waals surface area contributed by atoms with Gasteiger partial charge < -0.3 is 0 Å². The Balaban J connectivity index is 2.29. The fourth-order valence-corrected chi connectivity index (χ4v) is 2.62. The van der Waals surface area contributed by atoms with E-state index in [4.69, 9.17) is 0 Å². The summed E-state index contributed by atoms with van der Waals surface area (Å²) in [5.41, 5.74) is 2.75. The maximum Gasteiger partial charge on any atom is 0.148 e. The van der Waals surface area contributed by atoms with Gasteiger partial charge in [-0.3, -0.25) is 4.98 Å². The first-order valence-corrected chi connectivity index (χ1v) is 6.01. The Morgan fingerprint density at radius 1 is 1.00 bits per heavy atom. The molecule has 2 rings (SSSR count). The molecular weight excluding hydrogens is 198 g/mol. The van der Waals surface area contributed by atoms with E-state index in [9.17, 15) is 0 Å². The van der Waals surface area contributed by atoms with Gasteiger partial charge in [0.05, 0.1) is 0 Å². The van der Waals surface area contributed by atoms with Gasteiger partial charge in [0.25, 0.3) is 0 Å². The molecule has 0 bridgehead atoms. The smallest absolute Gasteiger partial charge is 0.148 e. The van der Waals surface area contributed by atoms with Crippen LogP contribution in [0.25, 0.3) is 0 Å². The van der Waals surface area contributed by atoms with E-state index in [-0.39, 0.29) is 0 Å². The van der Waals surface area contributed by atoms with Gasteiger partial charge in [0.15, 0.2) is 0 Å². The first kappa shape index (κ1) is 10.1. The van der Waals surface area contributed by atoms with E-state index < -0.39 is 0 Å². The minimum Gasteiger partial charge on any atom is -0.266 e. The van der Waals surface area contributed by atoms with Crippen LogP contribution in [0.1, 0.15) is 11.1 Å². The van der Waals surface area contributed by atoms with E-state index >= 15 is 0 Å². The van der Waals surface area contributed by atoms with Crippen molar-refractivity contribution in [1.82, 2.24) is 4.98 Å². The molecule has 1 nitrogen and oxygen atoms in total. The average molecular weight is 211 g/mol. The summed E-state index contributed by atoms with van der Waals surface area (Å²) in [5, 5.41) is 2.56. The van der Waals surface area contributed by atoms with Gasteiger partial charge >= 0.3 is 0 Å². The number of rotatable bonds is 2. The molecule has 0 atom stereocenters. The number of pyridine rings is 1. The van der Waals surface area contributed by atoms with Gasteiger partial charge in [-0.25, -0.2) is 0 Å². The quantitative estimate of drug-likeness (QED) is 0.683. The molecule has 0 unspecified atom stereocenters. The summed E-state index contributed by atoms with van der Waals surface area (Å²) in [6, 6.07) is 12.5. The summed E-state index contributed by atoms with van der Waals surface area (Å²) in [7, 11) is 0.661. The number of aromatic nitrogens is 1. The lowest BCUT2D eigenvalue weighted by Gasteiger charge is -2.06. The third-order valence-corrected chi connectivity index (χ3v) is 3.90. The van der Waals surface area contributed by atoms with Crippen LogP contribution < -0.4 is 10.5 Å². The zero-order valence-corrected chi connectivity index (χ0v) is 9.99. The highest BCUT2D eigenvalue weighted by atomic mass is 28.2. The zero-order chi connectivity index (χ0) is 10.7. The summed E-state index contributed by atoms with van der Waals surface area (Å²) >= 11 is 0. The van der Waals surface area contributed by atoms with Gasteiger partial charge in [-0.05, 0) is 37.1 Å². The molecule has 2 aromatic rings. The van der Waals surface area contributed by atoms with Crippen LogP contribution >= 0.6 is 0 Å². The molecule has 1 aromatic heterocycles. The lowest BCUT2D eigenvalue weighted by Crippen LogP contribution is -2.31. The minimum absolute atomic E-state index is 0.661. The Hall–Kier alpha value is -1.41. The van der Waals surface area contributed by atoms with Crippen LogP contribution in [0.5, 0.6) is 0 Å². The molecule has 0 fully saturated rings. The Morgan fingerprint density at radius 3 is 2.60 bits per heavy atom.